The Morgan fingerprint density at radius 1 is 1.31 bits per heavy atom. The first kappa shape index (κ1) is 13.5. The van der Waals surface area contributed by atoms with Crippen LogP contribution < -0.4 is 5.32 Å². The minimum absolute atomic E-state index is 0.0436. The Hall–Kier alpha value is -0.600. The predicted molar refractivity (Wildman–Crippen MR) is 63.7 cm³/mol. The highest BCUT2D eigenvalue weighted by molar-refractivity contribution is 7.90. The van der Waals surface area contributed by atoms with Gasteiger partial charge in [-0.25, -0.2) is 8.42 Å². The van der Waals surface area contributed by atoms with Crippen LogP contribution in [0.15, 0.2) is 0 Å². The van der Waals surface area contributed by atoms with E-state index in [0.29, 0.717) is 6.54 Å². The first-order chi connectivity index (χ1) is 7.53. The maximum Gasteiger partial charge on any atom is 0.148 e. The van der Waals surface area contributed by atoms with Gasteiger partial charge in [0, 0.05) is 18.8 Å². The van der Waals surface area contributed by atoms with Crippen LogP contribution in [0, 0.1) is 17.2 Å². The zero-order valence-electron chi connectivity index (χ0n) is 9.78. The molecule has 92 valence electrons. The molecule has 1 N–H and O–H groups in total. The van der Waals surface area contributed by atoms with Gasteiger partial charge < -0.3 is 5.32 Å². The van der Waals surface area contributed by atoms with Crippen molar-refractivity contribution in [2.24, 2.45) is 5.92 Å². The Kier molecular flexibility index (Phi) is 5.23. The van der Waals surface area contributed by atoms with Gasteiger partial charge in [-0.3, -0.25) is 0 Å². The smallest absolute Gasteiger partial charge is 0.148 e. The van der Waals surface area contributed by atoms with E-state index in [2.05, 4.69) is 11.4 Å². The summed E-state index contributed by atoms with van der Waals surface area (Å²) in [5.41, 5.74) is 0. The molecule has 4 nitrogen and oxygen atoms in total. The molecule has 2 unspecified atom stereocenters. The molecule has 1 aliphatic rings. The van der Waals surface area contributed by atoms with Crippen molar-refractivity contribution >= 4 is 9.84 Å². The molecule has 1 rings (SSSR count). The minimum atomic E-state index is -2.90. The average Bonchev–Trinajstić information content (AvgIpc) is 2.41. The third-order valence-corrected chi connectivity index (χ3v) is 4.01. The summed E-state index contributed by atoms with van der Waals surface area (Å²) in [5, 5.41) is 12.3. The Balaban J connectivity index is 2.41. The van der Waals surface area contributed by atoms with E-state index in [0.717, 1.165) is 25.7 Å². The summed E-state index contributed by atoms with van der Waals surface area (Å²) in [4.78, 5) is 0. The van der Waals surface area contributed by atoms with Crippen molar-refractivity contribution in [2.75, 3.05) is 18.6 Å². The van der Waals surface area contributed by atoms with Crippen LogP contribution in [0.4, 0.5) is 0 Å². The maximum atomic E-state index is 11.0. The van der Waals surface area contributed by atoms with Crippen LogP contribution in [0.2, 0.25) is 0 Å². The molecule has 1 fully saturated rings. The fourth-order valence-electron chi connectivity index (χ4n) is 2.14. The number of sulfone groups is 1. The van der Waals surface area contributed by atoms with E-state index >= 15 is 0 Å². The van der Waals surface area contributed by atoms with E-state index in [9.17, 15) is 8.42 Å². The fraction of sp³-hybridized carbons (Fsp3) is 0.909. The van der Waals surface area contributed by atoms with Gasteiger partial charge in [-0.15, -0.1) is 0 Å². The van der Waals surface area contributed by atoms with Crippen molar-refractivity contribution in [3.8, 4) is 6.07 Å². The average molecular weight is 244 g/mol. The summed E-state index contributed by atoms with van der Waals surface area (Å²) < 4.78 is 22.0. The van der Waals surface area contributed by atoms with Crippen LogP contribution in [0.25, 0.3) is 0 Å². The van der Waals surface area contributed by atoms with Gasteiger partial charge in [-0.2, -0.15) is 5.26 Å². The molecule has 2 atom stereocenters. The zero-order chi connectivity index (χ0) is 12.0. The molecule has 0 radical (unpaired) electrons. The summed E-state index contributed by atoms with van der Waals surface area (Å²) in [6, 6.07) is 2.50. The summed E-state index contributed by atoms with van der Waals surface area (Å²) in [7, 11) is -2.90. The SMILES string of the molecule is CS(=O)(=O)CCNC1CCCCCC1C#N. The Morgan fingerprint density at radius 2 is 2.00 bits per heavy atom. The molecule has 5 heteroatoms. The van der Waals surface area contributed by atoms with Crippen LogP contribution in [-0.2, 0) is 9.84 Å². The van der Waals surface area contributed by atoms with Gasteiger partial charge in [0.25, 0.3) is 0 Å². The van der Waals surface area contributed by atoms with E-state index in [4.69, 9.17) is 5.26 Å². The lowest BCUT2D eigenvalue weighted by molar-refractivity contribution is 0.403. The lowest BCUT2D eigenvalue weighted by Crippen LogP contribution is -2.37. The lowest BCUT2D eigenvalue weighted by Gasteiger charge is -2.20. The highest BCUT2D eigenvalue weighted by Crippen LogP contribution is 2.22. The second-order valence-electron chi connectivity index (χ2n) is 4.56. The number of hydrogen-bond donors (Lipinski definition) is 1. The van der Waals surface area contributed by atoms with Crippen molar-refractivity contribution in [3.63, 3.8) is 0 Å². The van der Waals surface area contributed by atoms with Gasteiger partial charge in [0.1, 0.15) is 9.84 Å². The molecule has 0 aromatic carbocycles. The van der Waals surface area contributed by atoms with E-state index in [1.54, 1.807) is 0 Å². The molecule has 1 aliphatic carbocycles. The van der Waals surface area contributed by atoms with Crippen LogP contribution in [-0.4, -0.2) is 33.0 Å². The van der Waals surface area contributed by atoms with Gasteiger partial charge in [-0.1, -0.05) is 19.3 Å². The van der Waals surface area contributed by atoms with Gasteiger partial charge in [0.2, 0.25) is 0 Å². The van der Waals surface area contributed by atoms with Crippen molar-refractivity contribution in [2.45, 2.75) is 38.1 Å². The highest BCUT2D eigenvalue weighted by atomic mass is 32.2. The number of hydrogen-bond acceptors (Lipinski definition) is 4. The van der Waals surface area contributed by atoms with Crippen LogP contribution in [0.5, 0.6) is 0 Å². The van der Waals surface area contributed by atoms with Gasteiger partial charge >= 0.3 is 0 Å². The van der Waals surface area contributed by atoms with Crippen LogP contribution in [0.1, 0.15) is 32.1 Å². The number of nitrogens with zero attached hydrogens (tertiary/aromatic N) is 1. The standard InChI is InChI=1S/C11H20N2O2S/c1-16(14,15)8-7-13-11-6-4-2-3-5-10(11)9-12/h10-11,13H,2-8H2,1H3. The molecule has 0 bridgehead atoms. The molecule has 0 saturated heterocycles. The van der Waals surface area contributed by atoms with Gasteiger partial charge in [0.15, 0.2) is 0 Å². The largest absolute Gasteiger partial charge is 0.312 e. The second-order valence-corrected chi connectivity index (χ2v) is 6.82. The Bertz CT molecular complexity index is 345. The topological polar surface area (TPSA) is 70.0 Å². The lowest BCUT2D eigenvalue weighted by atomic mass is 9.96. The maximum absolute atomic E-state index is 11.0. The monoisotopic (exact) mass is 244 g/mol. The Morgan fingerprint density at radius 3 is 2.62 bits per heavy atom. The van der Waals surface area contributed by atoms with E-state index < -0.39 is 9.84 Å². The number of rotatable bonds is 4. The van der Waals surface area contributed by atoms with Gasteiger partial charge in [0.05, 0.1) is 17.7 Å². The molecule has 16 heavy (non-hydrogen) atoms. The summed E-state index contributed by atoms with van der Waals surface area (Å²) in [6.45, 7) is 0.460. The third kappa shape index (κ3) is 4.95. The van der Waals surface area contributed by atoms with Crippen molar-refractivity contribution in [1.82, 2.24) is 5.32 Å². The van der Waals surface area contributed by atoms with E-state index in [-0.39, 0.29) is 17.7 Å². The third-order valence-electron chi connectivity index (χ3n) is 3.06. The molecule has 0 aromatic heterocycles. The van der Waals surface area contributed by atoms with Crippen LogP contribution in [0.3, 0.4) is 0 Å². The van der Waals surface area contributed by atoms with Crippen molar-refractivity contribution in [1.29, 1.82) is 5.26 Å². The highest BCUT2D eigenvalue weighted by Gasteiger charge is 2.22. The quantitative estimate of drug-likeness (QED) is 0.752. The molecule has 0 spiro atoms. The summed E-state index contributed by atoms with van der Waals surface area (Å²) in [5.74, 6) is 0.198. The molecular formula is C11H20N2O2S. The first-order valence-corrected chi connectivity index (χ1v) is 7.90. The zero-order valence-corrected chi connectivity index (χ0v) is 10.6. The Labute approximate surface area is 98.0 Å². The number of nitrogens with one attached hydrogen (secondary N) is 1. The second kappa shape index (κ2) is 6.21. The summed E-state index contributed by atoms with van der Waals surface area (Å²) >= 11 is 0. The normalized spacial score (nSPS) is 27.0. The molecule has 0 aliphatic heterocycles. The summed E-state index contributed by atoms with van der Waals surface area (Å²) in [6.07, 6.45) is 6.60. The molecule has 0 heterocycles. The molecule has 0 aromatic rings. The van der Waals surface area contributed by atoms with Crippen molar-refractivity contribution < 1.29 is 8.42 Å². The van der Waals surface area contributed by atoms with Gasteiger partial charge in [-0.05, 0) is 12.8 Å². The fourth-order valence-corrected chi connectivity index (χ4v) is 2.62. The minimum Gasteiger partial charge on any atom is -0.312 e. The van der Waals surface area contributed by atoms with E-state index in [1.165, 1.54) is 12.7 Å². The van der Waals surface area contributed by atoms with Crippen LogP contribution >= 0.6 is 0 Å². The molecule has 1 saturated carbocycles. The van der Waals surface area contributed by atoms with Crippen molar-refractivity contribution in [3.05, 3.63) is 0 Å². The number of nitriles is 1. The predicted octanol–water partition coefficient (Wildman–Crippen LogP) is 1.09. The molecule has 0 amide bonds. The first-order valence-electron chi connectivity index (χ1n) is 5.83. The molecular weight excluding hydrogens is 224 g/mol. The van der Waals surface area contributed by atoms with E-state index in [1.807, 2.05) is 0 Å².